The summed E-state index contributed by atoms with van der Waals surface area (Å²) < 4.78 is 5.39. The van der Waals surface area contributed by atoms with Crippen LogP contribution in [0.3, 0.4) is 0 Å². The lowest BCUT2D eigenvalue weighted by Gasteiger charge is -2.48. The quantitative estimate of drug-likeness (QED) is 0.785. The van der Waals surface area contributed by atoms with Crippen molar-refractivity contribution in [2.75, 3.05) is 25.9 Å². The average Bonchev–Trinajstić information content (AvgIpc) is 3.32. The molecule has 3 aliphatic rings. The summed E-state index contributed by atoms with van der Waals surface area (Å²) in [4.78, 5) is 21.6. The largest absolute Gasteiger partial charge is 0.339 e. The van der Waals surface area contributed by atoms with Crippen LogP contribution < -0.4 is 0 Å². The van der Waals surface area contributed by atoms with Crippen molar-refractivity contribution in [1.82, 2.24) is 19.9 Å². The number of nitrogens with zero attached hydrogens (tertiary/aromatic N) is 4. The van der Waals surface area contributed by atoms with E-state index < -0.39 is 0 Å². The van der Waals surface area contributed by atoms with Gasteiger partial charge in [0.1, 0.15) is 0 Å². The number of piperidine rings is 2. The van der Waals surface area contributed by atoms with Crippen LogP contribution in [-0.4, -0.2) is 57.8 Å². The summed E-state index contributed by atoms with van der Waals surface area (Å²) in [5, 5.41) is 4.04. The molecule has 0 bridgehead atoms. The maximum Gasteiger partial charge on any atom is 0.240 e. The van der Waals surface area contributed by atoms with E-state index in [1.54, 1.807) is 11.8 Å². The van der Waals surface area contributed by atoms with E-state index in [0.29, 0.717) is 17.4 Å². The Balaban J connectivity index is 1.32. The standard InChI is InChI=1S/C19H30N4O2S/c1-26-13-16-20-17(25-21-16)12-22-10-8-19(9-11-22)7-6-18(24)23(14-19)15-4-2-3-5-15/h15H,2-14H2,1H3. The van der Waals surface area contributed by atoms with Gasteiger partial charge in [0.15, 0.2) is 5.82 Å². The van der Waals surface area contributed by atoms with Crippen LogP contribution in [0.2, 0.25) is 0 Å². The number of rotatable bonds is 5. The van der Waals surface area contributed by atoms with Gasteiger partial charge in [0.2, 0.25) is 11.8 Å². The predicted octanol–water partition coefficient (Wildman–Crippen LogP) is 3.08. The van der Waals surface area contributed by atoms with Gasteiger partial charge in [-0.2, -0.15) is 16.7 Å². The molecule has 0 atom stereocenters. The van der Waals surface area contributed by atoms with Crippen LogP contribution in [-0.2, 0) is 17.1 Å². The number of thioether (sulfide) groups is 1. The molecule has 0 unspecified atom stereocenters. The van der Waals surface area contributed by atoms with Gasteiger partial charge in [0.05, 0.1) is 12.3 Å². The van der Waals surface area contributed by atoms with E-state index in [1.807, 2.05) is 6.26 Å². The minimum atomic E-state index is 0.339. The molecule has 1 aromatic rings. The van der Waals surface area contributed by atoms with Crippen LogP contribution in [0.1, 0.15) is 63.1 Å². The molecule has 2 aliphatic heterocycles. The molecule has 6 nitrogen and oxygen atoms in total. The van der Waals surface area contributed by atoms with Gasteiger partial charge in [0.25, 0.3) is 0 Å². The molecule has 26 heavy (non-hydrogen) atoms. The number of likely N-dealkylation sites (tertiary alicyclic amines) is 2. The summed E-state index contributed by atoms with van der Waals surface area (Å²) in [6.45, 7) is 3.87. The van der Waals surface area contributed by atoms with Crippen molar-refractivity contribution in [2.24, 2.45) is 5.41 Å². The SMILES string of the molecule is CSCc1noc(CN2CCC3(CCC(=O)N(C4CCCC4)C3)CC2)n1. The monoisotopic (exact) mass is 378 g/mol. The summed E-state index contributed by atoms with van der Waals surface area (Å²) in [6.07, 6.45) is 11.2. The van der Waals surface area contributed by atoms with Crippen molar-refractivity contribution in [3.05, 3.63) is 11.7 Å². The fourth-order valence-electron chi connectivity index (χ4n) is 4.92. The highest BCUT2D eigenvalue weighted by molar-refractivity contribution is 7.97. The molecule has 1 saturated carbocycles. The molecule has 4 rings (SSSR count). The molecule has 1 aliphatic carbocycles. The molecule has 2 saturated heterocycles. The maximum atomic E-state index is 12.5. The fourth-order valence-corrected chi connectivity index (χ4v) is 5.30. The molecular formula is C19H30N4O2S. The first-order valence-corrected chi connectivity index (χ1v) is 11.4. The Hall–Kier alpha value is -1.08. The Morgan fingerprint density at radius 1 is 1.23 bits per heavy atom. The second-order valence-corrected chi connectivity index (χ2v) is 9.14. The molecule has 0 N–H and O–H groups in total. The van der Waals surface area contributed by atoms with Crippen LogP contribution in [0.15, 0.2) is 4.52 Å². The Kier molecular flexibility index (Phi) is 5.55. The van der Waals surface area contributed by atoms with Crippen molar-refractivity contribution < 1.29 is 9.32 Å². The van der Waals surface area contributed by atoms with Crippen molar-refractivity contribution in [2.45, 2.75) is 69.7 Å². The number of carbonyl (C=O) groups excluding carboxylic acids is 1. The first-order chi connectivity index (χ1) is 12.7. The third-order valence-electron chi connectivity index (χ3n) is 6.52. The van der Waals surface area contributed by atoms with Gasteiger partial charge in [0, 0.05) is 19.0 Å². The van der Waals surface area contributed by atoms with Crippen LogP contribution in [0, 0.1) is 5.41 Å². The number of carbonyl (C=O) groups is 1. The Labute approximate surface area is 160 Å². The first kappa shape index (κ1) is 18.3. The second-order valence-electron chi connectivity index (χ2n) is 8.27. The van der Waals surface area contributed by atoms with Crippen molar-refractivity contribution in [1.29, 1.82) is 0 Å². The Morgan fingerprint density at radius 2 is 2.00 bits per heavy atom. The molecule has 3 fully saturated rings. The van der Waals surface area contributed by atoms with Crippen LogP contribution in [0.4, 0.5) is 0 Å². The van der Waals surface area contributed by atoms with Gasteiger partial charge in [-0.3, -0.25) is 9.69 Å². The molecule has 3 heterocycles. The van der Waals surface area contributed by atoms with Gasteiger partial charge < -0.3 is 9.42 Å². The number of hydrogen-bond donors (Lipinski definition) is 0. The number of aromatic nitrogens is 2. The highest BCUT2D eigenvalue weighted by Gasteiger charge is 2.43. The zero-order valence-electron chi connectivity index (χ0n) is 15.8. The van der Waals surface area contributed by atoms with Gasteiger partial charge in [-0.15, -0.1) is 0 Å². The molecule has 144 valence electrons. The molecule has 1 spiro atoms. The van der Waals surface area contributed by atoms with Gasteiger partial charge >= 0.3 is 0 Å². The van der Waals surface area contributed by atoms with Crippen LogP contribution >= 0.6 is 11.8 Å². The zero-order chi connectivity index (χ0) is 18.0. The van der Waals surface area contributed by atoms with Gasteiger partial charge in [-0.25, -0.2) is 0 Å². The summed E-state index contributed by atoms with van der Waals surface area (Å²) in [7, 11) is 0. The topological polar surface area (TPSA) is 62.5 Å². The minimum Gasteiger partial charge on any atom is -0.339 e. The van der Waals surface area contributed by atoms with E-state index in [0.717, 1.165) is 56.5 Å². The summed E-state index contributed by atoms with van der Waals surface area (Å²) >= 11 is 1.71. The minimum absolute atomic E-state index is 0.339. The van der Waals surface area contributed by atoms with Gasteiger partial charge in [-0.1, -0.05) is 18.0 Å². The summed E-state index contributed by atoms with van der Waals surface area (Å²) in [6, 6.07) is 0.519. The Morgan fingerprint density at radius 3 is 2.73 bits per heavy atom. The van der Waals surface area contributed by atoms with E-state index in [-0.39, 0.29) is 0 Å². The highest BCUT2D eigenvalue weighted by atomic mass is 32.2. The lowest BCUT2D eigenvalue weighted by Crippen LogP contribution is -2.53. The molecule has 0 aromatic carbocycles. The lowest BCUT2D eigenvalue weighted by atomic mass is 9.72. The second kappa shape index (κ2) is 7.89. The van der Waals surface area contributed by atoms with E-state index in [2.05, 4.69) is 19.9 Å². The van der Waals surface area contributed by atoms with Gasteiger partial charge in [-0.05, 0) is 56.9 Å². The van der Waals surface area contributed by atoms with Crippen molar-refractivity contribution in [3.8, 4) is 0 Å². The van der Waals surface area contributed by atoms with Crippen LogP contribution in [0.5, 0.6) is 0 Å². The van der Waals surface area contributed by atoms with E-state index in [4.69, 9.17) is 4.52 Å². The molecule has 1 aromatic heterocycles. The average molecular weight is 379 g/mol. The molecule has 7 heteroatoms. The molecule has 0 radical (unpaired) electrons. The molecular weight excluding hydrogens is 348 g/mol. The molecule has 1 amide bonds. The fraction of sp³-hybridized carbons (Fsp3) is 0.842. The number of amides is 1. The maximum absolute atomic E-state index is 12.5. The Bertz CT molecular complexity index is 621. The van der Waals surface area contributed by atoms with E-state index in [1.165, 1.54) is 38.5 Å². The first-order valence-electron chi connectivity index (χ1n) is 10.00. The zero-order valence-corrected chi connectivity index (χ0v) is 16.6. The van der Waals surface area contributed by atoms with E-state index in [9.17, 15) is 4.79 Å². The predicted molar refractivity (Wildman–Crippen MR) is 102 cm³/mol. The number of hydrogen-bond acceptors (Lipinski definition) is 6. The summed E-state index contributed by atoms with van der Waals surface area (Å²) in [5.41, 5.74) is 0.339. The third-order valence-corrected chi connectivity index (χ3v) is 7.07. The third kappa shape index (κ3) is 3.93. The van der Waals surface area contributed by atoms with Crippen LogP contribution in [0.25, 0.3) is 0 Å². The summed E-state index contributed by atoms with van der Waals surface area (Å²) in [5.74, 6) is 2.73. The lowest BCUT2D eigenvalue weighted by molar-refractivity contribution is -0.142. The normalized spacial score (nSPS) is 24.7. The van der Waals surface area contributed by atoms with E-state index >= 15 is 0 Å². The highest BCUT2D eigenvalue weighted by Crippen LogP contribution is 2.42. The van der Waals surface area contributed by atoms with Crippen molar-refractivity contribution in [3.63, 3.8) is 0 Å². The van der Waals surface area contributed by atoms with Crippen molar-refractivity contribution >= 4 is 17.7 Å². The smallest absolute Gasteiger partial charge is 0.240 e.